The summed E-state index contributed by atoms with van der Waals surface area (Å²) in [7, 11) is 0. The highest BCUT2D eigenvalue weighted by atomic mass is 15.0. The second-order valence-corrected chi connectivity index (χ2v) is 8.00. The van der Waals surface area contributed by atoms with Crippen molar-refractivity contribution in [3.8, 4) is 0 Å². The van der Waals surface area contributed by atoms with Gasteiger partial charge in [0.2, 0.25) is 0 Å². The average Bonchev–Trinajstić information content (AvgIpc) is 2.41. The predicted molar refractivity (Wildman–Crippen MR) is 79.8 cm³/mol. The first kappa shape index (κ1) is 14.4. The van der Waals surface area contributed by atoms with E-state index in [1.807, 2.05) is 0 Å². The molecule has 4 atom stereocenters. The Hall–Kier alpha value is -0.0400. The maximum absolute atomic E-state index is 4.03. The molecule has 2 saturated carbocycles. The normalized spacial score (nSPS) is 41.3. The van der Waals surface area contributed by atoms with Gasteiger partial charge in [-0.15, -0.1) is 0 Å². The van der Waals surface area contributed by atoms with E-state index in [4.69, 9.17) is 0 Å². The summed E-state index contributed by atoms with van der Waals surface area (Å²) in [6.07, 6.45) is 11.4. The highest BCUT2D eigenvalue weighted by molar-refractivity contribution is 4.89. The van der Waals surface area contributed by atoms with Crippen molar-refractivity contribution in [3.63, 3.8) is 0 Å². The zero-order valence-corrected chi connectivity index (χ0v) is 13.0. The Morgan fingerprint density at radius 3 is 2.39 bits per heavy atom. The van der Waals surface area contributed by atoms with E-state index < -0.39 is 0 Å². The van der Waals surface area contributed by atoms with Crippen molar-refractivity contribution in [2.45, 2.75) is 91.1 Å². The highest BCUT2D eigenvalue weighted by Gasteiger charge is 2.33. The standard InChI is InChI=1S/C17H33N/c1-13-10-15(12-17(3,4)11-13)18-16-9-7-5-6-8-14(16)2/h13-16,18H,5-12H2,1-4H3. The van der Waals surface area contributed by atoms with Crippen molar-refractivity contribution < 1.29 is 0 Å². The van der Waals surface area contributed by atoms with Gasteiger partial charge in [0.25, 0.3) is 0 Å². The Bertz CT molecular complexity index is 258. The van der Waals surface area contributed by atoms with E-state index in [1.165, 1.54) is 51.4 Å². The molecule has 0 aromatic rings. The van der Waals surface area contributed by atoms with E-state index in [0.29, 0.717) is 5.41 Å². The molecule has 1 nitrogen and oxygen atoms in total. The number of nitrogens with one attached hydrogen (secondary N) is 1. The molecule has 0 amide bonds. The van der Waals surface area contributed by atoms with E-state index in [1.54, 1.807) is 0 Å². The number of hydrogen-bond acceptors (Lipinski definition) is 1. The molecule has 0 heterocycles. The molecule has 106 valence electrons. The Labute approximate surface area is 114 Å². The monoisotopic (exact) mass is 251 g/mol. The van der Waals surface area contributed by atoms with E-state index in [0.717, 1.165) is 23.9 Å². The van der Waals surface area contributed by atoms with Crippen molar-refractivity contribution >= 4 is 0 Å². The highest BCUT2D eigenvalue weighted by Crippen LogP contribution is 2.39. The van der Waals surface area contributed by atoms with Crippen molar-refractivity contribution in [1.29, 1.82) is 0 Å². The maximum Gasteiger partial charge on any atom is 0.00952 e. The minimum Gasteiger partial charge on any atom is -0.311 e. The van der Waals surface area contributed by atoms with Crippen molar-refractivity contribution in [1.82, 2.24) is 5.32 Å². The van der Waals surface area contributed by atoms with E-state index in [9.17, 15) is 0 Å². The van der Waals surface area contributed by atoms with Crippen LogP contribution in [0.25, 0.3) is 0 Å². The van der Waals surface area contributed by atoms with Gasteiger partial charge in [0.1, 0.15) is 0 Å². The lowest BCUT2D eigenvalue weighted by atomic mass is 9.70. The molecule has 0 bridgehead atoms. The van der Waals surface area contributed by atoms with Crippen molar-refractivity contribution in [2.75, 3.05) is 0 Å². The fourth-order valence-electron chi connectivity index (χ4n) is 4.52. The molecule has 0 saturated heterocycles. The topological polar surface area (TPSA) is 12.0 Å². The average molecular weight is 251 g/mol. The van der Waals surface area contributed by atoms with E-state index >= 15 is 0 Å². The summed E-state index contributed by atoms with van der Waals surface area (Å²) in [5, 5.41) is 4.03. The summed E-state index contributed by atoms with van der Waals surface area (Å²) < 4.78 is 0. The lowest BCUT2D eigenvalue weighted by Crippen LogP contribution is -2.46. The van der Waals surface area contributed by atoms with Crippen LogP contribution in [0, 0.1) is 17.3 Å². The quantitative estimate of drug-likeness (QED) is 0.698. The van der Waals surface area contributed by atoms with Gasteiger partial charge < -0.3 is 5.32 Å². The van der Waals surface area contributed by atoms with Gasteiger partial charge in [-0.2, -0.15) is 0 Å². The molecule has 0 aliphatic heterocycles. The molecular formula is C17H33N. The molecule has 2 rings (SSSR count). The smallest absolute Gasteiger partial charge is 0.00952 e. The van der Waals surface area contributed by atoms with Gasteiger partial charge in [-0.1, -0.05) is 47.0 Å². The van der Waals surface area contributed by atoms with Crippen LogP contribution in [0.1, 0.15) is 79.1 Å². The summed E-state index contributed by atoms with van der Waals surface area (Å²) in [4.78, 5) is 0. The summed E-state index contributed by atoms with van der Waals surface area (Å²) in [5.74, 6) is 1.78. The molecule has 1 heteroatoms. The van der Waals surface area contributed by atoms with Gasteiger partial charge in [0, 0.05) is 12.1 Å². The Kier molecular flexibility index (Phi) is 4.75. The van der Waals surface area contributed by atoms with Crippen LogP contribution in [0.5, 0.6) is 0 Å². The van der Waals surface area contributed by atoms with Crippen LogP contribution in [0.2, 0.25) is 0 Å². The minimum absolute atomic E-state index is 0.545. The first-order chi connectivity index (χ1) is 8.46. The zero-order valence-electron chi connectivity index (χ0n) is 13.0. The van der Waals surface area contributed by atoms with Gasteiger partial charge in [0.05, 0.1) is 0 Å². The summed E-state index contributed by atoms with van der Waals surface area (Å²) in [5.41, 5.74) is 0.545. The van der Waals surface area contributed by atoms with Crippen LogP contribution < -0.4 is 5.32 Å². The molecule has 0 aromatic heterocycles. The first-order valence-electron chi connectivity index (χ1n) is 8.22. The molecular weight excluding hydrogens is 218 g/mol. The maximum atomic E-state index is 4.03. The molecule has 2 aliphatic carbocycles. The molecule has 4 unspecified atom stereocenters. The molecule has 2 fully saturated rings. The van der Waals surface area contributed by atoms with Gasteiger partial charge in [-0.3, -0.25) is 0 Å². The van der Waals surface area contributed by atoms with Crippen LogP contribution >= 0.6 is 0 Å². The van der Waals surface area contributed by atoms with Crippen LogP contribution in [-0.2, 0) is 0 Å². The van der Waals surface area contributed by atoms with Crippen molar-refractivity contribution in [3.05, 3.63) is 0 Å². The van der Waals surface area contributed by atoms with Crippen LogP contribution in [0.4, 0.5) is 0 Å². The van der Waals surface area contributed by atoms with Crippen molar-refractivity contribution in [2.24, 2.45) is 17.3 Å². The molecule has 0 spiro atoms. The summed E-state index contributed by atoms with van der Waals surface area (Å²) >= 11 is 0. The van der Waals surface area contributed by atoms with Gasteiger partial charge in [-0.05, 0) is 49.4 Å². The number of hydrogen-bond donors (Lipinski definition) is 1. The van der Waals surface area contributed by atoms with E-state index in [2.05, 4.69) is 33.0 Å². The second kappa shape index (κ2) is 5.94. The summed E-state index contributed by atoms with van der Waals surface area (Å²) in [6, 6.07) is 1.56. The molecule has 18 heavy (non-hydrogen) atoms. The predicted octanol–water partition coefficient (Wildman–Crippen LogP) is 4.76. The molecule has 0 radical (unpaired) electrons. The van der Waals surface area contributed by atoms with Gasteiger partial charge >= 0.3 is 0 Å². The Balaban J connectivity index is 1.91. The minimum atomic E-state index is 0.545. The third kappa shape index (κ3) is 3.98. The number of rotatable bonds is 2. The Morgan fingerprint density at radius 1 is 0.944 bits per heavy atom. The van der Waals surface area contributed by atoms with Crippen LogP contribution in [-0.4, -0.2) is 12.1 Å². The molecule has 0 aromatic carbocycles. The first-order valence-corrected chi connectivity index (χ1v) is 8.22. The fraction of sp³-hybridized carbons (Fsp3) is 1.00. The molecule has 2 aliphatic rings. The summed E-state index contributed by atoms with van der Waals surface area (Å²) in [6.45, 7) is 9.80. The molecule has 1 N–H and O–H groups in total. The second-order valence-electron chi connectivity index (χ2n) is 8.00. The van der Waals surface area contributed by atoms with Gasteiger partial charge in [0.15, 0.2) is 0 Å². The zero-order chi connectivity index (χ0) is 13.2. The Morgan fingerprint density at radius 2 is 1.67 bits per heavy atom. The fourth-order valence-corrected chi connectivity index (χ4v) is 4.52. The largest absolute Gasteiger partial charge is 0.311 e. The van der Waals surface area contributed by atoms with Crippen LogP contribution in [0.3, 0.4) is 0 Å². The van der Waals surface area contributed by atoms with Crippen LogP contribution in [0.15, 0.2) is 0 Å². The third-order valence-electron chi connectivity index (χ3n) is 5.20. The third-order valence-corrected chi connectivity index (χ3v) is 5.20. The van der Waals surface area contributed by atoms with E-state index in [-0.39, 0.29) is 0 Å². The lowest BCUT2D eigenvalue weighted by molar-refractivity contribution is 0.136. The SMILES string of the molecule is CC1CC(NC2CCCCCC2C)CC(C)(C)C1. The lowest BCUT2D eigenvalue weighted by Gasteiger charge is -2.41. The van der Waals surface area contributed by atoms with Gasteiger partial charge in [-0.25, -0.2) is 0 Å².